The maximum Gasteiger partial charge on any atom is 0.340 e. The number of fused-ring (bicyclic) bond motifs is 2. The van der Waals surface area contributed by atoms with Crippen molar-refractivity contribution in [3.63, 3.8) is 0 Å². The lowest BCUT2D eigenvalue weighted by Crippen LogP contribution is -2.41. The minimum atomic E-state index is -1.87. The van der Waals surface area contributed by atoms with Gasteiger partial charge in [0, 0.05) is 0 Å². The molecule has 0 aromatic heterocycles. The van der Waals surface area contributed by atoms with Crippen LogP contribution in [-0.4, -0.2) is 11.6 Å². The van der Waals surface area contributed by atoms with Gasteiger partial charge in [-0.2, -0.15) is 8.78 Å². The van der Waals surface area contributed by atoms with Gasteiger partial charge >= 0.3 is 5.97 Å². The smallest absolute Gasteiger partial charge is 0.340 e. The summed E-state index contributed by atoms with van der Waals surface area (Å²) in [7, 11) is 0. The molecule has 0 aromatic carbocycles. The second-order valence-electron chi connectivity index (χ2n) is 8.23. The second kappa shape index (κ2) is 6.97. The van der Waals surface area contributed by atoms with Gasteiger partial charge in [-0.3, -0.25) is 0 Å². The van der Waals surface area contributed by atoms with E-state index >= 15 is 0 Å². The summed E-state index contributed by atoms with van der Waals surface area (Å²) in [6.07, 6.45) is 8.37. The van der Waals surface area contributed by atoms with Crippen LogP contribution in [-0.2, 0) is 9.53 Å². The third-order valence-electron chi connectivity index (χ3n) is 6.17. The van der Waals surface area contributed by atoms with Crippen LogP contribution >= 0.6 is 0 Å². The molecule has 0 spiro atoms. The highest BCUT2D eigenvalue weighted by atomic mass is 19.3. The Balaban J connectivity index is 1.73. The Labute approximate surface area is 143 Å². The fourth-order valence-electron chi connectivity index (χ4n) is 4.78. The van der Waals surface area contributed by atoms with E-state index in [2.05, 4.69) is 13.0 Å². The van der Waals surface area contributed by atoms with E-state index in [0.29, 0.717) is 11.8 Å². The van der Waals surface area contributed by atoms with Crippen LogP contribution in [0.25, 0.3) is 0 Å². The topological polar surface area (TPSA) is 26.3 Å². The van der Waals surface area contributed by atoms with Crippen LogP contribution in [0.1, 0.15) is 71.6 Å². The van der Waals surface area contributed by atoms with Crippen LogP contribution in [0.3, 0.4) is 0 Å². The van der Waals surface area contributed by atoms with Crippen molar-refractivity contribution in [3.05, 3.63) is 23.3 Å². The third kappa shape index (κ3) is 3.73. The van der Waals surface area contributed by atoms with Crippen LogP contribution in [0.2, 0.25) is 0 Å². The number of hydrogen-bond donors (Lipinski definition) is 0. The van der Waals surface area contributed by atoms with Crippen molar-refractivity contribution in [2.75, 3.05) is 0 Å². The lowest BCUT2D eigenvalue weighted by Gasteiger charge is -2.43. The molecule has 24 heavy (non-hydrogen) atoms. The van der Waals surface area contributed by atoms with Crippen LogP contribution in [0.15, 0.2) is 23.3 Å². The Kier molecular flexibility index (Phi) is 5.12. The fourth-order valence-corrected chi connectivity index (χ4v) is 4.78. The Morgan fingerprint density at radius 3 is 2.67 bits per heavy atom. The van der Waals surface area contributed by atoms with Crippen molar-refractivity contribution < 1.29 is 18.3 Å². The minimum Gasteiger partial charge on any atom is -0.451 e. The van der Waals surface area contributed by atoms with Crippen molar-refractivity contribution in [2.24, 2.45) is 17.8 Å². The molecule has 0 aliphatic heterocycles. The molecule has 2 fully saturated rings. The van der Waals surface area contributed by atoms with E-state index in [-0.39, 0.29) is 12.3 Å². The summed E-state index contributed by atoms with van der Waals surface area (Å²) in [6.45, 7) is 4.07. The SMILES string of the molecule is CC1C=C2CC(CCC2(C)OC(=O)C(CC2CCCC2)=C(F)F)C1. The molecule has 0 aromatic rings. The highest BCUT2D eigenvalue weighted by Gasteiger charge is 2.42. The predicted octanol–water partition coefficient (Wildman–Crippen LogP) is 5.79. The molecule has 0 N–H and O–H groups in total. The summed E-state index contributed by atoms with van der Waals surface area (Å²) in [5.74, 6) is 0.523. The van der Waals surface area contributed by atoms with Crippen molar-refractivity contribution in [3.8, 4) is 0 Å². The van der Waals surface area contributed by atoms with E-state index in [4.69, 9.17) is 4.74 Å². The quantitative estimate of drug-likeness (QED) is 0.369. The first-order valence-corrected chi connectivity index (χ1v) is 9.36. The monoisotopic (exact) mass is 338 g/mol. The molecule has 0 amide bonds. The number of carbonyl (C=O) groups excluding carboxylic acids is 1. The maximum atomic E-state index is 13.4. The summed E-state index contributed by atoms with van der Waals surface area (Å²) in [5, 5.41) is 0. The van der Waals surface area contributed by atoms with Gasteiger partial charge in [-0.25, -0.2) is 4.79 Å². The Morgan fingerprint density at radius 1 is 1.29 bits per heavy atom. The zero-order valence-electron chi connectivity index (χ0n) is 14.7. The molecule has 2 bridgehead atoms. The molecule has 4 heteroatoms. The number of hydrogen-bond acceptors (Lipinski definition) is 2. The van der Waals surface area contributed by atoms with E-state index in [1.807, 2.05) is 6.92 Å². The van der Waals surface area contributed by atoms with Crippen molar-refractivity contribution in [2.45, 2.75) is 77.2 Å². The molecule has 3 rings (SSSR count). The molecule has 3 unspecified atom stereocenters. The van der Waals surface area contributed by atoms with Gasteiger partial charge < -0.3 is 4.74 Å². The number of carbonyl (C=O) groups is 1. The average Bonchev–Trinajstić information content (AvgIpc) is 3.02. The van der Waals surface area contributed by atoms with Gasteiger partial charge in [-0.05, 0) is 62.4 Å². The lowest BCUT2D eigenvalue weighted by molar-refractivity contribution is -0.152. The first-order valence-electron chi connectivity index (χ1n) is 9.36. The normalized spacial score (nSPS) is 33.1. The number of esters is 1. The fraction of sp³-hybridized carbons (Fsp3) is 0.750. The molecule has 3 aliphatic rings. The van der Waals surface area contributed by atoms with E-state index in [0.717, 1.165) is 50.5 Å². The van der Waals surface area contributed by atoms with Gasteiger partial charge in [0.25, 0.3) is 6.08 Å². The Bertz CT molecular complexity index is 556. The van der Waals surface area contributed by atoms with E-state index in [1.165, 1.54) is 6.42 Å². The van der Waals surface area contributed by atoms with Gasteiger partial charge in [-0.15, -0.1) is 0 Å². The Morgan fingerprint density at radius 2 is 2.00 bits per heavy atom. The highest BCUT2D eigenvalue weighted by Crippen LogP contribution is 2.46. The van der Waals surface area contributed by atoms with Gasteiger partial charge in [0.1, 0.15) is 11.2 Å². The van der Waals surface area contributed by atoms with Crippen LogP contribution in [0.5, 0.6) is 0 Å². The molecule has 2 saturated carbocycles. The summed E-state index contributed by atoms with van der Waals surface area (Å²) in [4.78, 5) is 12.5. The van der Waals surface area contributed by atoms with Gasteiger partial charge in [0.2, 0.25) is 0 Å². The number of allylic oxidation sites excluding steroid dienone is 1. The maximum absolute atomic E-state index is 13.4. The zero-order chi connectivity index (χ0) is 17.3. The molecule has 0 radical (unpaired) electrons. The average molecular weight is 338 g/mol. The molecule has 3 atom stereocenters. The van der Waals surface area contributed by atoms with Crippen LogP contribution in [0, 0.1) is 17.8 Å². The minimum absolute atomic E-state index is 0.162. The molecule has 2 nitrogen and oxygen atoms in total. The molecule has 0 saturated heterocycles. The molecular formula is C20H28F2O2. The summed E-state index contributed by atoms with van der Waals surface area (Å²) in [6, 6.07) is 0. The molecule has 134 valence electrons. The lowest BCUT2D eigenvalue weighted by atomic mass is 9.68. The van der Waals surface area contributed by atoms with E-state index < -0.39 is 23.2 Å². The molecule has 0 heterocycles. The molecular weight excluding hydrogens is 310 g/mol. The van der Waals surface area contributed by atoms with Crippen molar-refractivity contribution >= 4 is 5.97 Å². The standard InChI is InChI=1S/C20H28F2O2/c1-13-9-15-7-8-20(2,16(10-13)11-15)24-19(23)17(18(21)22)12-14-5-3-4-6-14/h10,13-15H,3-9,11-12H2,1-2H3. The second-order valence-corrected chi connectivity index (χ2v) is 8.23. The molecule has 3 aliphatic carbocycles. The number of rotatable bonds is 4. The van der Waals surface area contributed by atoms with Gasteiger partial charge in [0.05, 0.1) is 0 Å². The van der Waals surface area contributed by atoms with Crippen molar-refractivity contribution in [1.29, 1.82) is 0 Å². The first-order chi connectivity index (χ1) is 11.4. The van der Waals surface area contributed by atoms with Gasteiger partial charge in [-0.1, -0.05) is 38.7 Å². The van der Waals surface area contributed by atoms with Crippen molar-refractivity contribution in [1.82, 2.24) is 0 Å². The number of ether oxygens (including phenoxy) is 1. The van der Waals surface area contributed by atoms with E-state index in [1.54, 1.807) is 0 Å². The van der Waals surface area contributed by atoms with E-state index in [9.17, 15) is 13.6 Å². The Hall–Kier alpha value is -1.19. The summed E-state index contributed by atoms with van der Waals surface area (Å²) < 4.78 is 32.4. The zero-order valence-corrected chi connectivity index (χ0v) is 14.7. The predicted molar refractivity (Wildman–Crippen MR) is 89.5 cm³/mol. The largest absolute Gasteiger partial charge is 0.451 e. The first kappa shape index (κ1) is 17.6. The summed E-state index contributed by atoms with van der Waals surface area (Å²) in [5.41, 5.74) is 0.0265. The van der Waals surface area contributed by atoms with Gasteiger partial charge in [0.15, 0.2) is 0 Å². The third-order valence-corrected chi connectivity index (χ3v) is 6.17. The van der Waals surface area contributed by atoms with Crippen LogP contribution in [0.4, 0.5) is 8.78 Å². The number of halogens is 2. The summed E-state index contributed by atoms with van der Waals surface area (Å²) >= 11 is 0. The van der Waals surface area contributed by atoms with Crippen LogP contribution < -0.4 is 0 Å². The highest BCUT2D eigenvalue weighted by molar-refractivity contribution is 5.89.